The molecule has 33 heavy (non-hydrogen) atoms. The summed E-state index contributed by atoms with van der Waals surface area (Å²) in [4.78, 5) is 24.7. The summed E-state index contributed by atoms with van der Waals surface area (Å²) in [6, 6.07) is 8.21. The zero-order chi connectivity index (χ0) is 24.0. The zero-order valence-electron chi connectivity index (χ0n) is 18.4. The van der Waals surface area contributed by atoms with Gasteiger partial charge in [0.05, 0.1) is 24.8 Å². The number of hydrogen-bond donors (Lipinski definition) is 2. The Kier molecular flexibility index (Phi) is 7.77. The molecule has 2 aromatic carbocycles. The van der Waals surface area contributed by atoms with E-state index in [1.807, 2.05) is 0 Å². The van der Waals surface area contributed by atoms with Gasteiger partial charge in [0.25, 0.3) is 5.91 Å². The van der Waals surface area contributed by atoms with Gasteiger partial charge < -0.3 is 24.6 Å². The number of carbonyl (C=O) groups excluding carboxylic acids is 2. The molecule has 0 bridgehead atoms. The Bertz CT molecular complexity index is 1130. The van der Waals surface area contributed by atoms with Crippen LogP contribution in [0.1, 0.15) is 29.6 Å². The molecule has 2 aromatic rings. The van der Waals surface area contributed by atoms with E-state index in [4.69, 9.17) is 14.2 Å². The Balaban J connectivity index is 1.71. The number of benzene rings is 2. The number of phenols is 1. The lowest BCUT2D eigenvalue weighted by atomic mass is 10.2. The Labute approximate surface area is 192 Å². The van der Waals surface area contributed by atoms with Crippen molar-refractivity contribution in [1.29, 1.82) is 0 Å². The van der Waals surface area contributed by atoms with Gasteiger partial charge in [-0.25, -0.2) is 13.2 Å². The molecule has 1 aliphatic heterocycles. The summed E-state index contributed by atoms with van der Waals surface area (Å²) in [5, 5.41) is 12.4. The average molecular weight is 479 g/mol. The molecule has 0 aromatic heterocycles. The minimum absolute atomic E-state index is 0.0267. The van der Waals surface area contributed by atoms with Gasteiger partial charge in [0.2, 0.25) is 10.0 Å². The van der Waals surface area contributed by atoms with Crippen LogP contribution < -0.4 is 14.8 Å². The van der Waals surface area contributed by atoms with Crippen LogP contribution in [0.25, 0.3) is 0 Å². The van der Waals surface area contributed by atoms with E-state index in [1.54, 1.807) is 0 Å². The first kappa shape index (κ1) is 24.3. The summed E-state index contributed by atoms with van der Waals surface area (Å²) in [5.74, 6) is -1.37. The number of esters is 1. The molecular formula is C22H26N2O8S. The Morgan fingerprint density at radius 1 is 1.03 bits per heavy atom. The molecule has 1 amide bonds. The highest BCUT2D eigenvalue weighted by atomic mass is 32.2. The maximum absolute atomic E-state index is 13.0. The number of phenolic OH excluding ortho intramolecular Hbond substituents is 1. The van der Waals surface area contributed by atoms with Gasteiger partial charge in [0.1, 0.15) is 22.8 Å². The van der Waals surface area contributed by atoms with Gasteiger partial charge in [-0.2, -0.15) is 4.31 Å². The minimum atomic E-state index is -3.72. The Morgan fingerprint density at radius 3 is 2.42 bits per heavy atom. The number of ether oxygens (including phenoxy) is 3. The number of anilines is 1. The number of methoxy groups -OCH3 is 2. The quantitative estimate of drug-likeness (QED) is 0.553. The van der Waals surface area contributed by atoms with Crippen molar-refractivity contribution >= 4 is 27.6 Å². The zero-order valence-corrected chi connectivity index (χ0v) is 19.2. The number of hydrogen-bond acceptors (Lipinski definition) is 8. The standard InChI is InChI=1S/C22H26N2O8S/c1-30-15-6-8-19(25)17(12-15)22(27)32-14-21(26)23-18-13-16(7-9-20(18)31-2)33(28,29)24-10-4-3-5-11-24/h6-9,12-13,25H,3-5,10-11,14H2,1-2H3,(H,23,26). The van der Waals surface area contributed by atoms with Crippen LogP contribution in [-0.4, -0.2) is 63.6 Å². The predicted molar refractivity (Wildman–Crippen MR) is 119 cm³/mol. The number of rotatable bonds is 8. The van der Waals surface area contributed by atoms with Gasteiger partial charge in [-0.15, -0.1) is 0 Å². The van der Waals surface area contributed by atoms with Crippen molar-refractivity contribution in [3.8, 4) is 17.2 Å². The molecule has 0 saturated carbocycles. The lowest BCUT2D eigenvalue weighted by molar-refractivity contribution is -0.119. The van der Waals surface area contributed by atoms with Gasteiger partial charge >= 0.3 is 5.97 Å². The van der Waals surface area contributed by atoms with Gasteiger partial charge in [-0.1, -0.05) is 6.42 Å². The van der Waals surface area contributed by atoms with E-state index in [0.29, 0.717) is 18.8 Å². The smallest absolute Gasteiger partial charge is 0.342 e. The van der Waals surface area contributed by atoms with Gasteiger partial charge in [-0.3, -0.25) is 4.79 Å². The summed E-state index contributed by atoms with van der Waals surface area (Å²) in [6.45, 7) is 0.230. The van der Waals surface area contributed by atoms with Crippen LogP contribution in [-0.2, 0) is 19.6 Å². The van der Waals surface area contributed by atoms with Gasteiger partial charge in [-0.05, 0) is 49.2 Å². The molecule has 1 heterocycles. The van der Waals surface area contributed by atoms with Crippen LogP contribution in [0.3, 0.4) is 0 Å². The van der Waals surface area contributed by atoms with Crippen molar-refractivity contribution in [3.63, 3.8) is 0 Å². The molecule has 11 heteroatoms. The fraction of sp³-hybridized carbons (Fsp3) is 0.364. The second kappa shape index (κ2) is 10.5. The summed E-state index contributed by atoms with van der Waals surface area (Å²) in [7, 11) is -0.928. The van der Waals surface area contributed by atoms with Crippen LogP contribution in [0.15, 0.2) is 41.3 Å². The summed E-state index contributed by atoms with van der Waals surface area (Å²) in [6.07, 6.45) is 2.59. The number of carbonyl (C=O) groups is 2. The third-order valence-corrected chi connectivity index (χ3v) is 7.05. The van der Waals surface area contributed by atoms with Gasteiger partial charge in [0, 0.05) is 13.1 Å². The first-order valence-corrected chi connectivity index (χ1v) is 11.7. The molecule has 0 radical (unpaired) electrons. The average Bonchev–Trinajstić information content (AvgIpc) is 2.83. The van der Waals surface area contributed by atoms with Gasteiger partial charge in [0.15, 0.2) is 6.61 Å². The minimum Gasteiger partial charge on any atom is -0.507 e. The molecular weight excluding hydrogens is 452 g/mol. The van der Waals surface area contributed by atoms with E-state index in [-0.39, 0.29) is 27.6 Å². The molecule has 1 fully saturated rings. The van der Waals surface area contributed by atoms with E-state index in [0.717, 1.165) is 19.3 Å². The SMILES string of the molecule is COc1ccc(O)c(C(=O)OCC(=O)Nc2cc(S(=O)(=O)N3CCCCC3)ccc2OC)c1. The lowest BCUT2D eigenvalue weighted by Crippen LogP contribution is -2.35. The van der Waals surface area contributed by atoms with Crippen LogP contribution in [0.4, 0.5) is 5.69 Å². The lowest BCUT2D eigenvalue weighted by Gasteiger charge is -2.26. The van der Waals surface area contributed by atoms with Crippen molar-refractivity contribution in [1.82, 2.24) is 4.31 Å². The normalized spacial score (nSPS) is 14.4. The van der Waals surface area contributed by atoms with E-state index in [1.165, 1.54) is 54.9 Å². The fourth-order valence-electron chi connectivity index (χ4n) is 3.40. The molecule has 178 valence electrons. The van der Waals surface area contributed by atoms with Crippen LogP contribution in [0.2, 0.25) is 0 Å². The first-order valence-electron chi connectivity index (χ1n) is 10.3. The van der Waals surface area contributed by atoms with Crippen molar-refractivity contribution < 1.29 is 37.3 Å². The molecule has 0 aliphatic carbocycles. The van der Waals surface area contributed by atoms with Crippen molar-refractivity contribution in [2.75, 3.05) is 39.2 Å². The van der Waals surface area contributed by atoms with Crippen LogP contribution in [0, 0.1) is 0 Å². The number of nitrogens with one attached hydrogen (secondary N) is 1. The topological polar surface area (TPSA) is 131 Å². The van der Waals surface area contributed by atoms with Crippen molar-refractivity contribution in [2.45, 2.75) is 24.2 Å². The molecule has 1 saturated heterocycles. The molecule has 1 aliphatic rings. The number of amides is 1. The highest BCUT2D eigenvalue weighted by molar-refractivity contribution is 7.89. The van der Waals surface area contributed by atoms with Crippen molar-refractivity contribution in [2.24, 2.45) is 0 Å². The van der Waals surface area contributed by atoms with E-state index >= 15 is 0 Å². The van der Waals surface area contributed by atoms with Crippen LogP contribution in [0.5, 0.6) is 17.2 Å². The maximum Gasteiger partial charge on any atom is 0.342 e. The highest BCUT2D eigenvalue weighted by Crippen LogP contribution is 2.30. The Morgan fingerprint density at radius 2 is 1.76 bits per heavy atom. The second-order valence-corrected chi connectivity index (χ2v) is 9.27. The van der Waals surface area contributed by atoms with E-state index in [9.17, 15) is 23.1 Å². The molecule has 0 unspecified atom stereocenters. The molecule has 10 nitrogen and oxygen atoms in total. The Hall–Kier alpha value is -3.31. The number of sulfonamides is 1. The molecule has 0 atom stereocenters. The summed E-state index contributed by atoms with van der Waals surface area (Å²) in [5.41, 5.74) is -0.0322. The van der Waals surface area contributed by atoms with E-state index < -0.39 is 28.5 Å². The molecule has 0 spiro atoms. The molecule has 2 N–H and O–H groups in total. The maximum atomic E-state index is 13.0. The number of nitrogens with zero attached hydrogens (tertiary/aromatic N) is 1. The third kappa shape index (κ3) is 5.74. The predicted octanol–water partition coefficient (Wildman–Crippen LogP) is 2.38. The number of piperidine rings is 1. The highest BCUT2D eigenvalue weighted by Gasteiger charge is 2.27. The fourth-order valence-corrected chi connectivity index (χ4v) is 4.94. The van der Waals surface area contributed by atoms with Crippen LogP contribution >= 0.6 is 0 Å². The first-order chi connectivity index (χ1) is 15.8. The number of aromatic hydroxyl groups is 1. The summed E-state index contributed by atoms with van der Waals surface area (Å²) < 4.78 is 42.5. The monoisotopic (exact) mass is 478 g/mol. The molecule has 3 rings (SSSR count). The van der Waals surface area contributed by atoms with E-state index in [2.05, 4.69) is 5.32 Å². The summed E-state index contributed by atoms with van der Waals surface area (Å²) >= 11 is 0. The third-order valence-electron chi connectivity index (χ3n) is 5.16. The largest absolute Gasteiger partial charge is 0.507 e. The second-order valence-electron chi connectivity index (χ2n) is 7.33. The van der Waals surface area contributed by atoms with Crippen molar-refractivity contribution in [3.05, 3.63) is 42.0 Å².